The highest BCUT2D eigenvalue weighted by atomic mass is 32.2. The number of sulfone groups is 1. The van der Waals surface area contributed by atoms with E-state index in [0.29, 0.717) is 16.2 Å². The average molecular weight is 435 g/mol. The molecule has 0 saturated heterocycles. The Morgan fingerprint density at radius 1 is 1.00 bits per heavy atom. The van der Waals surface area contributed by atoms with Gasteiger partial charge in [-0.25, -0.2) is 18.4 Å². The van der Waals surface area contributed by atoms with Gasteiger partial charge in [-0.3, -0.25) is 9.20 Å². The van der Waals surface area contributed by atoms with E-state index in [9.17, 15) is 13.2 Å². The molecule has 0 radical (unpaired) electrons. The van der Waals surface area contributed by atoms with Crippen LogP contribution in [0.1, 0.15) is 32.6 Å². The molecule has 0 fully saturated rings. The van der Waals surface area contributed by atoms with Crippen LogP contribution in [0.3, 0.4) is 0 Å². The van der Waals surface area contributed by atoms with Gasteiger partial charge < -0.3 is 5.32 Å². The fourth-order valence-corrected chi connectivity index (χ4v) is 4.92. The number of carbonyl (C=O) groups is 1. The zero-order valence-corrected chi connectivity index (χ0v) is 18.3. The summed E-state index contributed by atoms with van der Waals surface area (Å²) in [6.07, 6.45) is 6.46. The van der Waals surface area contributed by atoms with E-state index >= 15 is 0 Å². The van der Waals surface area contributed by atoms with Crippen molar-refractivity contribution < 1.29 is 13.2 Å². The molecule has 4 aromatic rings. The molecule has 7 nitrogen and oxygen atoms in total. The molecule has 0 aliphatic rings. The Morgan fingerprint density at radius 3 is 2.45 bits per heavy atom. The SMILES string of the molecule is Cc1cc(C)c(S(=O)(=O)c2ccc(CNC(=O)c3cnc4nccn4c3)cc2)cc1C. The van der Waals surface area contributed by atoms with Gasteiger partial charge in [0.25, 0.3) is 5.91 Å². The number of hydrogen-bond acceptors (Lipinski definition) is 5. The van der Waals surface area contributed by atoms with Gasteiger partial charge in [0.15, 0.2) is 0 Å². The first kappa shape index (κ1) is 20.7. The van der Waals surface area contributed by atoms with Crippen LogP contribution in [0.15, 0.2) is 71.0 Å². The van der Waals surface area contributed by atoms with Crippen molar-refractivity contribution in [2.75, 3.05) is 0 Å². The third-order valence-electron chi connectivity index (χ3n) is 5.28. The summed E-state index contributed by atoms with van der Waals surface area (Å²) in [7, 11) is -3.62. The number of aryl methyl sites for hydroxylation is 3. The largest absolute Gasteiger partial charge is 0.348 e. The van der Waals surface area contributed by atoms with E-state index in [-0.39, 0.29) is 17.3 Å². The molecule has 0 atom stereocenters. The summed E-state index contributed by atoms with van der Waals surface area (Å²) in [6, 6.07) is 10.2. The van der Waals surface area contributed by atoms with Crippen LogP contribution in [0.25, 0.3) is 5.78 Å². The summed E-state index contributed by atoms with van der Waals surface area (Å²) in [5.74, 6) is 0.248. The molecular formula is C23H22N4O3S. The zero-order valence-electron chi connectivity index (χ0n) is 17.5. The lowest BCUT2D eigenvalue weighted by atomic mass is 10.1. The minimum absolute atomic E-state index is 0.226. The molecule has 8 heteroatoms. The van der Waals surface area contributed by atoms with Crippen molar-refractivity contribution in [3.05, 3.63) is 89.0 Å². The molecule has 0 aliphatic heterocycles. The van der Waals surface area contributed by atoms with Crippen LogP contribution in [0.4, 0.5) is 0 Å². The third-order valence-corrected chi connectivity index (χ3v) is 7.19. The molecule has 0 aliphatic carbocycles. The Kier molecular flexibility index (Phi) is 5.32. The van der Waals surface area contributed by atoms with Crippen molar-refractivity contribution >= 4 is 21.5 Å². The standard InChI is InChI=1S/C23H22N4O3S/c1-15-10-17(3)21(11-16(15)2)31(29,30)20-6-4-18(5-7-20)12-25-22(28)19-13-26-23-24-8-9-27(23)14-19/h4-11,13-14H,12H2,1-3H3,(H,25,28). The maximum absolute atomic E-state index is 13.1. The van der Waals surface area contributed by atoms with Gasteiger partial charge in [-0.15, -0.1) is 0 Å². The fraction of sp³-hybridized carbons (Fsp3) is 0.174. The van der Waals surface area contributed by atoms with Crippen molar-refractivity contribution in [1.82, 2.24) is 19.7 Å². The number of benzene rings is 2. The summed E-state index contributed by atoms with van der Waals surface area (Å²) in [6.45, 7) is 5.94. The number of amides is 1. The van der Waals surface area contributed by atoms with Gasteiger partial charge >= 0.3 is 0 Å². The van der Waals surface area contributed by atoms with E-state index in [1.54, 1.807) is 60.2 Å². The fourth-order valence-electron chi connectivity index (χ4n) is 3.36. The normalized spacial score (nSPS) is 11.6. The maximum Gasteiger partial charge on any atom is 0.254 e. The van der Waals surface area contributed by atoms with E-state index in [2.05, 4.69) is 15.3 Å². The van der Waals surface area contributed by atoms with E-state index in [1.165, 1.54) is 6.20 Å². The van der Waals surface area contributed by atoms with Gasteiger partial charge in [0.2, 0.25) is 15.6 Å². The predicted molar refractivity (Wildman–Crippen MR) is 117 cm³/mol. The molecule has 31 heavy (non-hydrogen) atoms. The first-order chi connectivity index (χ1) is 14.8. The molecule has 158 valence electrons. The number of rotatable bonds is 5. The molecule has 2 heterocycles. The zero-order chi connectivity index (χ0) is 22.2. The van der Waals surface area contributed by atoms with Crippen molar-refractivity contribution in [2.24, 2.45) is 0 Å². The first-order valence-corrected chi connectivity index (χ1v) is 11.2. The number of imidazole rings is 1. The lowest BCUT2D eigenvalue weighted by molar-refractivity contribution is 0.0950. The lowest BCUT2D eigenvalue weighted by Crippen LogP contribution is -2.23. The molecule has 4 rings (SSSR count). The van der Waals surface area contributed by atoms with Crippen molar-refractivity contribution in [1.29, 1.82) is 0 Å². The van der Waals surface area contributed by atoms with E-state index in [1.807, 2.05) is 19.9 Å². The second-order valence-corrected chi connectivity index (χ2v) is 9.43. The average Bonchev–Trinajstić information content (AvgIpc) is 3.22. The Labute approximate surface area is 180 Å². The number of hydrogen-bond donors (Lipinski definition) is 1. The van der Waals surface area contributed by atoms with Crippen LogP contribution in [0.5, 0.6) is 0 Å². The van der Waals surface area contributed by atoms with Gasteiger partial charge in [-0.05, 0) is 61.2 Å². The van der Waals surface area contributed by atoms with E-state index < -0.39 is 9.84 Å². The number of fused-ring (bicyclic) bond motifs is 1. The van der Waals surface area contributed by atoms with Crippen molar-refractivity contribution in [2.45, 2.75) is 37.1 Å². The van der Waals surface area contributed by atoms with Crippen molar-refractivity contribution in [3.63, 3.8) is 0 Å². The van der Waals surface area contributed by atoms with Gasteiger partial charge in [0.05, 0.1) is 15.4 Å². The van der Waals surface area contributed by atoms with Gasteiger partial charge in [-0.2, -0.15) is 0 Å². The van der Waals surface area contributed by atoms with Crippen molar-refractivity contribution in [3.8, 4) is 0 Å². The van der Waals surface area contributed by atoms with Crippen LogP contribution in [0, 0.1) is 20.8 Å². The topological polar surface area (TPSA) is 93.4 Å². The summed E-state index contributed by atoms with van der Waals surface area (Å²) in [5.41, 5.74) is 3.93. The number of nitrogens with zero attached hydrogens (tertiary/aromatic N) is 3. The highest BCUT2D eigenvalue weighted by molar-refractivity contribution is 7.91. The molecule has 0 bridgehead atoms. The van der Waals surface area contributed by atoms with Gasteiger partial charge in [0.1, 0.15) is 0 Å². The highest BCUT2D eigenvalue weighted by Crippen LogP contribution is 2.26. The van der Waals surface area contributed by atoms with E-state index in [0.717, 1.165) is 22.3 Å². The first-order valence-electron chi connectivity index (χ1n) is 9.74. The minimum Gasteiger partial charge on any atom is -0.348 e. The molecule has 2 aromatic carbocycles. The van der Waals surface area contributed by atoms with Crippen LogP contribution in [-0.2, 0) is 16.4 Å². The number of nitrogens with one attached hydrogen (secondary N) is 1. The minimum atomic E-state index is -3.62. The molecular weight excluding hydrogens is 412 g/mol. The Morgan fingerprint density at radius 2 is 1.71 bits per heavy atom. The summed E-state index contributed by atoms with van der Waals surface area (Å²) < 4.78 is 27.8. The van der Waals surface area contributed by atoms with Crippen LogP contribution < -0.4 is 5.32 Å². The Bertz CT molecular complexity index is 1390. The summed E-state index contributed by atoms with van der Waals surface area (Å²) in [5, 5.41) is 2.82. The van der Waals surface area contributed by atoms with Gasteiger partial charge in [0, 0.05) is 31.3 Å². The van der Waals surface area contributed by atoms with Crippen LogP contribution >= 0.6 is 0 Å². The molecule has 0 unspecified atom stereocenters. The quantitative estimate of drug-likeness (QED) is 0.520. The summed E-state index contributed by atoms with van der Waals surface area (Å²) in [4.78, 5) is 21.1. The van der Waals surface area contributed by atoms with Crippen LogP contribution in [0.2, 0.25) is 0 Å². The highest BCUT2D eigenvalue weighted by Gasteiger charge is 2.20. The Hall–Kier alpha value is -3.52. The molecule has 2 aromatic heterocycles. The van der Waals surface area contributed by atoms with E-state index in [4.69, 9.17) is 0 Å². The molecule has 0 spiro atoms. The third kappa shape index (κ3) is 4.06. The summed E-state index contributed by atoms with van der Waals surface area (Å²) >= 11 is 0. The number of aromatic nitrogens is 3. The second-order valence-electron chi connectivity index (χ2n) is 7.51. The van der Waals surface area contributed by atoms with Gasteiger partial charge in [-0.1, -0.05) is 18.2 Å². The number of carbonyl (C=O) groups excluding carboxylic acids is 1. The molecule has 1 amide bonds. The monoisotopic (exact) mass is 434 g/mol. The molecule has 1 N–H and O–H groups in total. The Balaban J connectivity index is 1.49. The predicted octanol–water partition coefficient (Wildman–Crippen LogP) is 3.42. The second kappa shape index (κ2) is 7.96. The molecule has 0 saturated carbocycles. The smallest absolute Gasteiger partial charge is 0.254 e. The van der Waals surface area contributed by atoms with Crippen LogP contribution in [-0.4, -0.2) is 28.7 Å². The maximum atomic E-state index is 13.1. The lowest BCUT2D eigenvalue weighted by Gasteiger charge is -2.12.